The third kappa shape index (κ3) is 2.46. The second kappa shape index (κ2) is 3.87. The smallest absolute Gasteiger partial charge is 0.218 e. The standard InChI is InChI=1S/C8H17N3O/c1-6-4-11(5-7(6)9)3-2-8(10)12/h6-7H,2-5,9H2,1H3,(H2,10,12). The van der Waals surface area contributed by atoms with E-state index < -0.39 is 0 Å². The lowest BCUT2D eigenvalue weighted by Gasteiger charge is -2.12. The molecular weight excluding hydrogens is 154 g/mol. The van der Waals surface area contributed by atoms with Crippen LogP contribution in [0.4, 0.5) is 0 Å². The Hall–Kier alpha value is -0.610. The monoisotopic (exact) mass is 171 g/mol. The number of amides is 1. The van der Waals surface area contributed by atoms with E-state index in [-0.39, 0.29) is 11.9 Å². The van der Waals surface area contributed by atoms with Gasteiger partial charge in [0.1, 0.15) is 0 Å². The summed E-state index contributed by atoms with van der Waals surface area (Å²) in [6, 6.07) is 0.262. The van der Waals surface area contributed by atoms with Gasteiger partial charge in [0.15, 0.2) is 0 Å². The Morgan fingerprint density at radius 3 is 2.67 bits per heavy atom. The fraction of sp³-hybridized carbons (Fsp3) is 0.875. The molecule has 0 radical (unpaired) electrons. The van der Waals surface area contributed by atoms with Crippen molar-refractivity contribution >= 4 is 5.91 Å². The molecule has 1 aliphatic heterocycles. The summed E-state index contributed by atoms with van der Waals surface area (Å²) in [5.41, 5.74) is 10.9. The Morgan fingerprint density at radius 1 is 1.58 bits per heavy atom. The van der Waals surface area contributed by atoms with Gasteiger partial charge < -0.3 is 16.4 Å². The van der Waals surface area contributed by atoms with Crippen LogP contribution in [0.3, 0.4) is 0 Å². The van der Waals surface area contributed by atoms with Gasteiger partial charge in [-0.2, -0.15) is 0 Å². The topological polar surface area (TPSA) is 72.3 Å². The molecule has 0 aromatic rings. The van der Waals surface area contributed by atoms with Gasteiger partial charge in [0.05, 0.1) is 0 Å². The number of nitrogens with two attached hydrogens (primary N) is 2. The van der Waals surface area contributed by atoms with Crippen molar-refractivity contribution in [2.24, 2.45) is 17.4 Å². The number of carbonyl (C=O) groups is 1. The summed E-state index contributed by atoms with van der Waals surface area (Å²) in [6.45, 7) is 4.78. The maximum Gasteiger partial charge on any atom is 0.218 e. The Bertz CT molecular complexity index is 162. The van der Waals surface area contributed by atoms with Crippen molar-refractivity contribution in [1.82, 2.24) is 4.90 Å². The van der Waals surface area contributed by atoms with E-state index in [9.17, 15) is 4.79 Å². The molecule has 0 aromatic heterocycles. The Balaban J connectivity index is 2.23. The van der Waals surface area contributed by atoms with E-state index >= 15 is 0 Å². The van der Waals surface area contributed by atoms with Gasteiger partial charge in [0, 0.05) is 32.1 Å². The fourth-order valence-electron chi connectivity index (χ4n) is 1.55. The first kappa shape index (κ1) is 9.48. The maximum atomic E-state index is 10.5. The second-order valence-corrected chi connectivity index (χ2v) is 3.62. The van der Waals surface area contributed by atoms with Crippen molar-refractivity contribution in [1.29, 1.82) is 0 Å². The van der Waals surface area contributed by atoms with E-state index in [2.05, 4.69) is 11.8 Å². The van der Waals surface area contributed by atoms with Gasteiger partial charge >= 0.3 is 0 Å². The zero-order valence-electron chi connectivity index (χ0n) is 7.49. The van der Waals surface area contributed by atoms with E-state index in [0.717, 1.165) is 19.6 Å². The third-order valence-electron chi connectivity index (χ3n) is 2.42. The van der Waals surface area contributed by atoms with Crippen molar-refractivity contribution in [3.63, 3.8) is 0 Å². The highest BCUT2D eigenvalue weighted by Gasteiger charge is 2.25. The molecule has 1 saturated heterocycles. The lowest BCUT2D eigenvalue weighted by Crippen LogP contribution is -2.30. The molecule has 2 atom stereocenters. The van der Waals surface area contributed by atoms with Crippen molar-refractivity contribution in [2.45, 2.75) is 19.4 Å². The summed E-state index contributed by atoms with van der Waals surface area (Å²) in [6.07, 6.45) is 0.444. The molecule has 1 amide bonds. The molecular formula is C8H17N3O. The molecule has 0 saturated carbocycles. The predicted molar refractivity (Wildman–Crippen MR) is 47.4 cm³/mol. The summed E-state index contributed by atoms with van der Waals surface area (Å²) >= 11 is 0. The summed E-state index contributed by atoms with van der Waals surface area (Å²) < 4.78 is 0. The van der Waals surface area contributed by atoms with E-state index in [1.807, 2.05) is 0 Å². The number of rotatable bonds is 3. The zero-order valence-corrected chi connectivity index (χ0v) is 7.49. The van der Waals surface area contributed by atoms with Crippen LogP contribution in [0.1, 0.15) is 13.3 Å². The molecule has 0 aliphatic carbocycles. The van der Waals surface area contributed by atoms with Gasteiger partial charge in [-0.25, -0.2) is 0 Å². The van der Waals surface area contributed by atoms with Gasteiger partial charge in [-0.1, -0.05) is 6.92 Å². The number of hydrogen-bond donors (Lipinski definition) is 2. The first-order valence-electron chi connectivity index (χ1n) is 4.36. The predicted octanol–water partition coefficient (Wildman–Crippen LogP) is -0.859. The molecule has 4 nitrogen and oxygen atoms in total. The highest BCUT2D eigenvalue weighted by Crippen LogP contribution is 2.13. The molecule has 4 heteroatoms. The third-order valence-corrected chi connectivity index (χ3v) is 2.42. The van der Waals surface area contributed by atoms with Crippen LogP contribution in [0.25, 0.3) is 0 Å². The van der Waals surface area contributed by atoms with E-state index in [1.165, 1.54) is 0 Å². The molecule has 4 N–H and O–H groups in total. The van der Waals surface area contributed by atoms with E-state index in [0.29, 0.717) is 12.3 Å². The van der Waals surface area contributed by atoms with Crippen molar-refractivity contribution in [3.05, 3.63) is 0 Å². The summed E-state index contributed by atoms with van der Waals surface area (Å²) in [7, 11) is 0. The molecule has 0 bridgehead atoms. The van der Waals surface area contributed by atoms with Crippen LogP contribution in [0.5, 0.6) is 0 Å². The van der Waals surface area contributed by atoms with Crippen molar-refractivity contribution in [3.8, 4) is 0 Å². The minimum Gasteiger partial charge on any atom is -0.370 e. The first-order chi connectivity index (χ1) is 5.59. The minimum absolute atomic E-state index is 0.233. The number of primary amides is 1. The Kier molecular flexibility index (Phi) is 3.05. The van der Waals surface area contributed by atoms with Crippen LogP contribution in [-0.4, -0.2) is 36.5 Å². The number of hydrogen-bond acceptors (Lipinski definition) is 3. The summed E-state index contributed by atoms with van der Waals surface area (Å²) in [5.74, 6) is 0.306. The van der Waals surface area contributed by atoms with Crippen LogP contribution in [0.15, 0.2) is 0 Å². The van der Waals surface area contributed by atoms with Gasteiger partial charge in [-0.3, -0.25) is 4.79 Å². The average Bonchev–Trinajstić information content (AvgIpc) is 2.28. The van der Waals surface area contributed by atoms with Crippen LogP contribution >= 0.6 is 0 Å². The molecule has 70 valence electrons. The fourth-order valence-corrected chi connectivity index (χ4v) is 1.55. The highest BCUT2D eigenvalue weighted by molar-refractivity contribution is 5.73. The molecule has 1 aliphatic rings. The molecule has 1 rings (SSSR count). The van der Waals surface area contributed by atoms with Gasteiger partial charge in [-0.05, 0) is 5.92 Å². The number of likely N-dealkylation sites (tertiary alicyclic amines) is 1. The van der Waals surface area contributed by atoms with E-state index in [1.54, 1.807) is 0 Å². The van der Waals surface area contributed by atoms with Gasteiger partial charge in [0.2, 0.25) is 5.91 Å². The van der Waals surface area contributed by atoms with Crippen LogP contribution < -0.4 is 11.5 Å². The van der Waals surface area contributed by atoms with Gasteiger partial charge in [0.25, 0.3) is 0 Å². The first-order valence-corrected chi connectivity index (χ1v) is 4.36. The molecule has 1 fully saturated rings. The average molecular weight is 171 g/mol. The number of nitrogens with zero attached hydrogens (tertiary/aromatic N) is 1. The lowest BCUT2D eigenvalue weighted by molar-refractivity contribution is -0.118. The largest absolute Gasteiger partial charge is 0.370 e. The van der Waals surface area contributed by atoms with Crippen molar-refractivity contribution < 1.29 is 4.79 Å². The van der Waals surface area contributed by atoms with E-state index in [4.69, 9.17) is 11.5 Å². The normalized spacial score (nSPS) is 30.8. The van der Waals surface area contributed by atoms with Gasteiger partial charge in [-0.15, -0.1) is 0 Å². The molecule has 2 unspecified atom stereocenters. The van der Waals surface area contributed by atoms with Crippen molar-refractivity contribution in [2.75, 3.05) is 19.6 Å². The summed E-state index contributed by atoms with van der Waals surface area (Å²) in [5, 5.41) is 0. The molecule has 1 heterocycles. The highest BCUT2D eigenvalue weighted by atomic mass is 16.1. The minimum atomic E-state index is -0.233. The van der Waals surface area contributed by atoms with Crippen LogP contribution in [-0.2, 0) is 4.79 Å². The summed E-state index contributed by atoms with van der Waals surface area (Å²) in [4.78, 5) is 12.7. The molecule has 12 heavy (non-hydrogen) atoms. The second-order valence-electron chi connectivity index (χ2n) is 3.62. The quantitative estimate of drug-likeness (QED) is 0.580. The molecule has 0 aromatic carbocycles. The van der Waals surface area contributed by atoms with Crippen LogP contribution in [0, 0.1) is 5.92 Å². The van der Waals surface area contributed by atoms with Crippen LogP contribution in [0.2, 0.25) is 0 Å². The lowest BCUT2D eigenvalue weighted by atomic mass is 10.1. The zero-order chi connectivity index (χ0) is 9.14. The Morgan fingerprint density at radius 2 is 2.25 bits per heavy atom. The molecule has 0 spiro atoms. The Labute approximate surface area is 72.9 Å². The maximum absolute atomic E-state index is 10.5. The SMILES string of the molecule is CC1CN(CCC(N)=O)CC1N. The number of carbonyl (C=O) groups excluding carboxylic acids is 1.